The number of hydrogen-bond donors (Lipinski definition) is 1. The molecule has 0 aliphatic carbocycles. The lowest BCUT2D eigenvalue weighted by Crippen LogP contribution is -2.31. The van der Waals surface area contributed by atoms with E-state index in [1.54, 1.807) is 0 Å². The average Bonchev–Trinajstić information content (AvgIpc) is 2.30. The van der Waals surface area contributed by atoms with Crippen LogP contribution in [0.2, 0.25) is 5.02 Å². The van der Waals surface area contributed by atoms with Crippen LogP contribution in [0.1, 0.15) is 24.8 Å². The number of nitrogens with two attached hydrogens (primary N) is 1. The summed E-state index contributed by atoms with van der Waals surface area (Å²) in [5.41, 5.74) is 7.86. The van der Waals surface area contributed by atoms with Gasteiger partial charge in [0, 0.05) is 17.3 Å². The third-order valence-corrected chi connectivity index (χ3v) is 3.64. The SMILES string of the molecule is Nc1cccc(Cl)c1CCN1CCCCC1. The molecule has 1 heterocycles. The van der Waals surface area contributed by atoms with Crippen molar-refractivity contribution in [3.63, 3.8) is 0 Å². The van der Waals surface area contributed by atoms with Gasteiger partial charge in [0.1, 0.15) is 0 Å². The Morgan fingerprint density at radius 3 is 2.62 bits per heavy atom. The van der Waals surface area contributed by atoms with Gasteiger partial charge in [0.05, 0.1) is 0 Å². The average molecular weight is 239 g/mol. The molecule has 1 fully saturated rings. The van der Waals surface area contributed by atoms with E-state index in [1.165, 1.54) is 32.4 Å². The van der Waals surface area contributed by atoms with Crippen molar-refractivity contribution in [2.45, 2.75) is 25.7 Å². The van der Waals surface area contributed by atoms with E-state index in [-0.39, 0.29) is 0 Å². The van der Waals surface area contributed by atoms with E-state index in [9.17, 15) is 0 Å². The van der Waals surface area contributed by atoms with Crippen molar-refractivity contribution < 1.29 is 0 Å². The van der Waals surface area contributed by atoms with Crippen LogP contribution in [-0.4, -0.2) is 24.5 Å². The Bertz CT molecular complexity index is 326. The summed E-state index contributed by atoms with van der Waals surface area (Å²) < 4.78 is 0. The second-order valence-corrected chi connectivity index (χ2v) is 4.87. The lowest BCUT2D eigenvalue weighted by atomic mass is 10.1. The Hall–Kier alpha value is -0.730. The molecule has 2 nitrogen and oxygen atoms in total. The summed E-state index contributed by atoms with van der Waals surface area (Å²) in [6.07, 6.45) is 5.01. The van der Waals surface area contributed by atoms with E-state index in [1.807, 2.05) is 18.2 Å². The molecule has 16 heavy (non-hydrogen) atoms. The van der Waals surface area contributed by atoms with Gasteiger partial charge in [-0.2, -0.15) is 0 Å². The van der Waals surface area contributed by atoms with Crippen LogP contribution in [0, 0.1) is 0 Å². The van der Waals surface area contributed by atoms with E-state index in [0.717, 1.165) is 29.2 Å². The summed E-state index contributed by atoms with van der Waals surface area (Å²) in [7, 11) is 0. The van der Waals surface area contributed by atoms with Crippen LogP contribution in [0.15, 0.2) is 18.2 Å². The van der Waals surface area contributed by atoms with Gasteiger partial charge >= 0.3 is 0 Å². The maximum absolute atomic E-state index is 6.15. The summed E-state index contributed by atoms with van der Waals surface area (Å²) >= 11 is 6.15. The van der Waals surface area contributed by atoms with Crippen molar-refractivity contribution in [2.24, 2.45) is 0 Å². The molecule has 2 N–H and O–H groups in total. The summed E-state index contributed by atoms with van der Waals surface area (Å²) in [5.74, 6) is 0. The van der Waals surface area contributed by atoms with Crippen molar-refractivity contribution in [1.82, 2.24) is 4.90 Å². The Kier molecular flexibility index (Phi) is 4.08. The van der Waals surface area contributed by atoms with Gasteiger partial charge in [0.15, 0.2) is 0 Å². The summed E-state index contributed by atoms with van der Waals surface area (Å²) in [5, 5.41) is 0.803. The van der Waals surface area contributed by atoms with Crippen molar-refractivity contribution in [3.8, 4) is 0 Å². The maximum Gasteiger partial charge on any atom is 0.0459 e. The molecule has 0 spiro atoms. The van der Waals surface area contributed by atoms with Gasteiger partial charge in [-0.25, -0.2) is 0 Å². The highest BCUT2D eigenvalue weighted by Gasteiger charge is 2.11. The van der Waals surface area contributed by atoms with Crippen LogP contribution >= 0.6 is 11.6 Å². The molecule has 0 bridgehead atoms. The van der Waals surface area contributed by atoms with Crippen molar-refractivity contribution in [2.75, 3.05) is 25.4 Å². The molecular weight excluding hydrogens is 220 g/mol. The zero-order valence-corrected chi connectivity index (χ0v) is 10.3. The van der Waals surface area contributed by atoms with Gasteiger partial charge in [0.2, 0.25) is 0 Å². The Labute approximate surface area is 102 Å². The molecule has 2 rings (SSSR count). The quantitative estimate of drug-likeness (QED) is 0.821. The third kappa shape index (κ3) is 2.89. The number of piperidine rings is 1. The molecule has 3 heteroatoms. The van der Waals surface area contributed by atoms with Gasteiger partial charge in [-0.15, -0.1) is 0 Å². The molecule has 0 saturated carbocycles. The predicted molar refractivity (Wildman–Crippen MR) is 69.9 cm³/mol. The lowest BCUT2D eigenvalue weighted by molar-refractivity contribution is 0.231. The number of likely N-dealkylation sites (tertiary alicyclic amines) is 1. The van der Waals surface area contributed by atoms with Crippen LogP contribution in [-0.2, 0) is 6.42 Å². The second-order valence-electron chi connectivity index (χ2n) is 4.46. The number of benzene rings is 1. The fraction of sp³-hybridized carbons (Fsp3) is 0.538. The number of rotatable bonds is 3. The second kappa shape index (κ2) is 5.55. The number of anilines is 1. The van der Waals surface area contributed by atoms with Crippen LogP contribution in [0.5, 0.6) is 0 Å². The van der Waals surface area contributed by atoms with E-state index >= 15 is 0 Å². The lowest BCUT2D eigenvalue weighted by Gasteiger charge is -2.26. The Morgan fingerprint density at radius 2 is 1.94 bits per heavy atom. The summed E-state index contributed by atoms with van der Waals surface area (Å²) in [6.45, 7) is 3.53. The molecule has 1 aliphatic heterocycles. The van der Waals surface area contributed by atoms with Gasteiger partial charge in [-0.1, -0.05) is 24.1 Å². The molecule has 0 amide bonds. The van der Waals surface area contributed by atoms with Crippen LogP contribution in [0.4, 0.5) is 5.69 Å². The number of nitrogen functional groups attached to an aromatic ring is 1. The van der Waals surface area contributed by atoms with Gasteiger partial charge in [-0.3, -0.25) is 0 Å². The zero-order valence-electron chi connectivity index (χ0n) is 9.58. The fourth-order valence-electron chi connectivity index (χ4n) is 2.29. The van der Waals surface area contributed by atoms with E-state index < -0.39 is 0 Å². The summed E-state index contributed by atoms with van der Waals surface area (Å²) in [4.78, 5) is 2.51. The molecule has 0 aromatic heterocycles. The Morgan fingerprint density at radius 1 is 1.19 bits per heavy atom. The minimum absolute atomic E-state index is 0.803. The smallest absolute Gasteiger partial charge is 0.0459 e. The Balaban J connectivity index is 1.93. The zero-order chi connectivity index (χ0) is 11.4. The molecule has 1 aromatic rings. The van der Waals surface area contributed by atoms with E-state index in [0.29, 0.717) is 0 Å². The van der Waals surface area contributed by atoms with E-state index in [4.69, 9.17) is 17.3 Å². The monoisotopic (exact) mass is 238 g/mol. The fourth-order valence-corrected chi connectivity index (χ4v) is 2.57. The van der Waals surface area contributed by atoms with E-state index in [2.05, 4.69) is 4.90 Å². The highest BCUT2D eigenvalue weighted by molar-refractivity contribution is 6.31. The number of halogens is 1. The molecule has 1 aromatic carbocycles. The number of nitrogens with zero attached hydrogens (tertiary/aromatic N) is 1. The minimum Gasteiger partial charge on any atom is -0.398 e. The van der Waals surface area contributed by atoms with Crippen molar-refractivity contribution in [3.05, 3.63) is 28.8 Å². The topological polar surface area (TPSA) is 29.3 Å². The molecule has 0 unspecified atom stereocenters. The van der Waals surface area contributed by atoms with Crippen LogP contribution in [0.3, 0.4) is 0 Å². The van der Waals surface area contributed by atoms with Gasteiger partial charge in [-0.05, 0) is 50.0 Å². The minimum atomic E-state index is 0.803. The van der Waals surface area contributed by atoms with Crippen molar-refractivity contribution >= 4 is 17.3 Å². The molecular formula is C13H19ClN2. The highest BCUT2D eigenvalue weighted by atomic mass is 35.5. The third-order valence-electron chi connectivity index (χ3n) is 3.28. The maximum atomic E-state index is 6.15. The van der Waals surface area contributed by atoms with Crippen molar-refractivity contribution in [1.29, 1.82) is 0 Å². The largest absolute Gasteiger partial charge is 0.398 e. The number of hydrogen-bond acceptors (Lipinski definition) is 2. The molecule has 88 valence electrons. The highest BCUT2D eigenvalue weighted by Crippen LogP contribution is 2.23. The van der Waals surface area contributed by atoms with Gasteiger partial charge in [0.25, 0.3) is 0 Å². The molecule has 1 saturated heterocycles. The molecule has 0 atom stereocenters. The molecule has 0 radical (unpaired) electrons. The first kappa shape index (κ1) is 11.7. The standard InChI is InChI=1S/C13H19ClN2/c14-12-5-4-6-13(15)11(12)7-10-16-8-2-1-3-9-16/h4-6H,1-3,7-10,15H2. The van der Waals surface area contributed by atoms with Crippen LogP contribution in [0.25, 0.3) is 0 Å². The first-order valence-electron chi connectivity index (χ1n) is 6.02. The first-order chi connectivity index (χ1) is 7.77. The summed E-state index contributed by atoms with van der Waals surface area (Å²) in [6, 6.07) is 5.75. The first-order valence-corrected chi connectivity index (χ1v) is 6.40. The normalized spacial score (nSPS) is 17.6. The van der Waals surface area contributed by atoms with Gasteiger partial charge < -0.3 is 10.6 Å². The molecule has 1 aliphatic rings. The van der Waals surface area contributed by atoms with Crippen LogP contribution < -0.4 is 5.73 Å². The predicted octanol–water partition coefficient (Wildman–Crippen LogP) is 2.95.